The predicted octanol–water partition coefficient (Wildman–Crippen LogP) is 2.43. The second kappa shape index (κ2) is 5.12. The summed E-state index contributed by atoms with van der Waals surface area (Å²) in [5.74, 6) is 0. The molecule has 0 fully saturated rings. The van der Waals surface area contributed by atoms with Crippen LogP contribution in [0.3, 0.4) is 0 Å². The summed E-state index contributed by atoms with van der Waals surface area (Å²) in [4.78, 5) is 3.93. The van der Waals surface area contributed by atoms with Crippen molar-refractivity contribution in [2.24, 2.45) is 0 Å². The first-order valence-electron chi connectivity index (χ1n) is 4.27. The van der Waals surface area contributed by atoms with Crippen molar-refractivity contribution in [3.05, 3.63) is 23.5 Å². The lowest BCUT2D eigenvalue weighted by Crippen LogP contribution is -2.34. The molecular formula is C9H12ClN3S. The molecule has 14 heavy (non-hydrogen) atoms. The molecule has 3 nitrogen and oxygen atoms in total. The first-order chi connectivity index (χ1) is 6.59. The smallest absolute Gasteiger partial charge is 0.171 e. The molecule has 0 aromatic carbocycles. The molecule has 0 unspecified atom stereocenters. The Kier molecular flexibility index (Phi) is 4.10. The van der Waals surface area contributed by atoms with E-state index in [1.54, 1.807) is 12.3 Å². The van der Waals surface area contributed by atoms with E-state index in [1.807, 2.05) is 19.9 Å². The Balaban J connectivity index is 2.61. The second-order valence-electron chi connectivity index (χ2n) is 3.09. The summed E-state index contributed by atoms with van der Waals surface area (Å²) in [6, 6.07) is 3.92. The van der Waals surface area contributed by atoms with Gasteiger partial charge in [0.2, 0.25) is 0 Å². The molecule has 2 N–H and O–H groups in total. The van der Waals surface area contributed by atoms with Crippen LogP contribution in [0.25, 0.3) is 0 Å². The third kappa shape index (κ3) is 3.47. The minimum Gasteiger partial charge on any atom is -0.360 e. The highest BCUT2D eigenvalue weighted by atomic mass is 35.5. The summed E-state index contributed by atoms with van der Waals surface area (Å²) in [5.41, 5.74) is 0.715. The lowest BCUT2D eigenvalue weighted by molar-refractivity contribution is 0.739. The van der Waals surface area contributed by atoms with Crippen LogP contribution in [0.15, 0.2) is 18.3 Å². The number of aromatic nitrogens is 1. The molecule has 0 aliphatic carbocycles. The van der Waals surface area contributed by atoms with Crippen LogP contribution >= 0.6 is 23.8 Å². The number of pyridine rings is 1. The number of rotatable bonds is 2. The lowest BCUT2D eigenvalue weighted by Gasteiger charge is -2.13. The van der Waals surface area contributed by atoms with Crippen LogP contribution in [-0.2, 0) is 0 Å². The Labute approximate surface area is 93.9 Å². The van der Waals surface area contributed by atoms with E-state index in [0.717, 1.165) is 0 Å². The van der Waals surface area contributed by atoms with E-state index in [-0.39, 0.29) is 0 Å². The monoisotopic (exact) mass is 229 g/mol. The molecule has 0 amide bonds. The summed E-state index contributed by atoms with van der Waals surface area (Å²) in [7, 11) is 0. The van der Waals surface area contributed by atoms with E-state index in [0.29, 0.717) is 22.0 Å². The number of nitrogens with zero attached hydrogens (tertiary/aromatic N) is 1. The molecule has 1 heterocycles. The topological polar surface area (TPSA) is 37.0 Å². The molecule has 0 atom stereocenters. The van der Waals surface area contributed by atoms with E-state index in [4.69, 9.17) is 23.8 Å². The van der Waals surface area contributed by atoms with E-state index in [1.165, 1.54) is 0 Å². The molecule has 1 rings (SSSR count). The van der Waals surface area contributed by atoms with Gasteiger partial charge in [0.1, 0.15) is 0 Å². The number of halogens is 1. The molecule has 0 radical (unpaired) electrons. The Morgan fingerprint density at radius 3 is 2.86 bits per heavy atom. The Morgan fingerprint density at radius 1 is 1.57 bits per heavy atom. The second-order valence-corrected chi connectivity index (χ2v) is 3.86. The molecule has 0 saturated heterocycles. The SMILES string of the molecule is CC(C)NC(=S)Nc1cccnc1Cl. The van der Waals surface area contributed by atoms with Gasteiger partial charge in [-0.3, -0.25) is 0 Å². The minimum absolute atomic E-state index is 0.297. The van der Waals surface area contributed by atoms with Crippen LogP contribution in [0.5, 0.6) is 0 Å². The van der Waals surface area contributed by atoms with E-state index in [2.05, 4.69) is 15.6 Å². The van der Waals surface area contributed by atoms with Crippen LogP contribution in [0.1, 0.15) is 13.8 Å². The molecule has 5 heteroatoms. The van der Waals surface area contributed by atoms with E-state index < -0.39 is 0 Å². The zero-order valence-electron chi connectivity index (χ0n) is 8.04. The largest absolute Gasteiger partial charge is 0.360 e. The zero-order chi connectivity index (χ0) is 10.6. The van der Waals surface area contributed by atoms with Crippen molar-refractivity contribution >= 4 is 34.6 Å². The molecule has 0 bridgehead atoms. The molecule has 0 saturated carbocycles. The summed E-state index contributed by atoms with van der Waals surface area (Å²) in [6.07, 6.45) is 1.63. The average Bonchev–Trinajstić information content (AvgIpc) is 2.07. The molecule has 0 spiro atoms. The van der Waals surface area contributed by atoms with E-state index >= 15 is 0 Å². The fourth-order valence-electron chi connectivity index (χ4n) is 0.900. The normalized spacial score (nSPS) is 10.0. The lowest BCUT2D eigenvalue weighted by atomic mass is 10.4. The number of anilines is 1. The number of thiocarbonyl (C=S) groups is 1. The van der Waals surface area contributed by atoms with Crippen molar-refractivity contribution in [1.29, 1.82) is 0 Å². The van der Waals surface area contributed by atoms with Gasteiger partial charge in [0.05, 0.1) is 5.69 Å². The third-order valence-electron chi connectivity index (χ3n) is 1.43. The number of nitrogens with one attached hydrogen (secondary N) is 2. The van der Waals surface area contributed by atoms with Crippen LogP contribution < -0.4 is 10.6 Å². The highest BCUT2D eigenvalue weighted by Gasteiger charge is 2.02. The van der Waals surface area contributed by atoms with Gasteiger partial charge in [0.15, 0.2) is 10.3 Å². The van der Waals surface area contributed by atoms with Gasteiger partial charge in [0.25, 0.3) is 0 Å². The summed E-state index contributed by atoms with van der Waals surface area (Å²) in [6.45, 7) is 4.03. The third-order valence-corrected chi connectivity index (χ3v) is 1.95. The van der Waals surface area contributed by atoms with Gasteiger partial charge in [-0.15, -0.1) is 0 Å². The maximum atomic E-state index is 5.84. The van der Waals surface area contributed by atoms with Crippen molar-refractivity contribution < 1.29 is 0 Å². The van der Waals surface area contributed by atoms with Gasteiger partial charge in [-0.05, 0) is 38.2 Å². The first kappa shape index (κ1) is 11.2. The summed E-state index contributed by atoms with van der Waals surface area (Å²) in [5, 5.41) is 6.99. The molecule has 0 aliphatic rings. The van der Waals surface area contributed by atoms with Gasteiger partial charge in [-0.25, -0.2) is 4.98 Å². The van der Waals surface area contributed by atoms with Crippen LogP contribution in [0.2, 0.25) is 5.15 Å². The minimum atomic E-state index is 0.297. The standard InChI is InChI=1S/C9H12ClN3S/c1-6(2)12-9(14)13-7-4-3-5-11-8(7)10/h3-6H,1-2H3,(H2,12,13,14). The first-order valence-corrected chi connectivity index (χ1v) is 5.06. The zero-order valence-corrected chi connectivity index (χ0v) is 9.62. The molecule has 0 aliphatic heterocycles. The van der Waals surface area contributed by atoms with Crippen molar-refractivity contribution in [3.8, 4) is 0 Å². The van der Waals surface area contributed by atoms with E-state index in [9.17, 15) is 0 Å². The van der Waals surface area contributed by atoms with Gasteiger partial charge in [0, 0.05) is 12.2 Å². The maximum absolute atomic E-state index is 5.84. The Hall–Kier alpha value is -0.870. The van der Waals surface area contributed by atoms with Crippen molar-refractivity contribution in [2.75, 3.05) is 5.32 Å². The molecule has 1 aromatic heterocycles. The quantitative estimate of drug-likeness (QED) is 0.604. The molecule has 1 aromatic rings. The van der Waals surface area contributed by atoms with Gasteiger partial charge < -0.3 is 10.6 Å². The van der Waals surface area contributed by atoms with Gasteiger partial charge in [-0.1, -0.05) is 11.6 Å². The van der Waals surface area contributed by atoms with Gasteiger partial charge >= 0.3 is 0 Å². The highest BCUT2D eigenvalue weighted by Crippen LogP contribution is 2.16. The maximum Gasteiger partial charge on any atom is 0.171 e. The average molecular weight is 230 g/mol. The van der Waals surface area contributed by atoms with Crippen LogP contribution in [0.4, 0.5) is 5.69 Å². The van der Waals surface area contributed by atoms with Crippen molar-refractivity contribution in [1.82, 2.24) is 10.3 Å². The highest BCUT2D eigenvalue weighted by molar-refractivity contribution is 7.80. The van der Waals surface area contributed by atoms with Crippen molar-refractivity contribution in [3.63, 3.8) is 0 Å². The molecule has 76 valence electrons. The van der Waals surface area contributed by atoms with Crippen molar-refractivity contribution in [2.45, 2.75) is 19.9 Å². The Morgan fingerprint density at radius 2 is 2.29 bits per heavy atom. The van der Waals surface area contributed by atoms with Gasteiger partial charge in [-0.2, -0.15) is 0 Å². The predicted molar refractivity (Wildman–Crippen MR) is 63.7 cm³/mol. The molecular weight excluding hydrogens is 218 g/mol. The fourth-order valence-corrected chi connectivity index (χ4v) is 1.41. The summed E-state index contributed by atoms with van der Waals surface area (Å²) < 4.78 is 0. The summed E-state index contributed by atoms with van der Waals surface area (Å²) >= 11 is 10.9. The Bertz CT molecular complexity index is 328. The van der Waals surface area contributed by atoms with Crippen LogP contribution in [-0.4, -0.2) is 16.1 Å². The fraction of sp³-hybridized carbons (Fsp3) is 0.333. The number of hydrogen-bond donors (Lipinski definition) is 2. The number of hydrogen-bond acceptors (Lipinski definition) is 2. The van der Waals surface area contributed by atoms with Crippen LogP contribution in [0, 0.1) is 0 Å².